The van der Waals surface area contributed by atoms with E-state index >= 15 is 0 Å². The first-order chi connectivity index (χ1) is 16.4. The van der Waals surface area contributed by atoms with Gasteiger partial charge in [-0.3, -0.25) is 9.59 Å². The van der Waals surface area contributed by atoms with Gasteiger partial charge in [0.25, 0.3) is 5.91 Å². The molecule has 5 nitrogen and oxygen atoms in total. The first-order valence-electron chi connectivity index (χ1n) is 12.5. The predicted octanol–water partition coefficient (Wildman–Crippen LogP) is 5.03. The summed E-state index contributed by atoms with van der Waals surface area (Å²) < 4.78 is 20.3. The van der Waals surface area contributed by atoms with Crippen LogP contribution in [0.5, 0.6) is 5.75 Å². The molecule has 1 heterocycles. The minimum Gasteiger partial charge on any atom is -0.481 e. The van der Waals surface area contributed by atoms with E-state index < -0.39 is 12.1 Å². The molecule has 0 unspecified atom stereocenters. The molecule has 2 aromatic rings. The maximum absolute atomic E-state index is 14.2. The Bertz CT molecular complexity index is 1030. The normalized spacial score (nSPS) is 18.4. The number of hydrogen-bond donors (Lipinski definition) is 1. The van der Waals surface area contributed by atoms with Gasteiger partial charge in [0.05, 0.1) is 6.04 Å². The molecule has 6 heteroatoms. The first-order valence-corrected chi connectivity index (χ1v) is 12.5. The van der Waals surface area contributed by atoms with Gasteiger partial charge in [0.1, 0.15) is 11.6 Å². The number of rotatable bonds is 9. The van der Waals surface area contributed by atoms with E-state index in [0.29, 0.717) is 37.6 Å². The third-order valence-electron chi connectivity index (χ3n) is 6.62. The van der Waals surface area contributed by atoms with Gasteiger partial charge in [0, 0.05) is 19.5 Å². The zero-order valence-corrected chi connectivity index (χ0v) is 20.4. The van der Waals surface area contributed by atoms with Gasteiger partial charge in [-0.25, -0.2) is 4.39 Å². The van der Waals surface area contributed by atoms with Gasteiger partial charge in [-0.2, -0.15) is 0 Å². The summed E-state index contributed by atoms with van der Waals surface area (Å²) >= 11 is 0. The van der Waals surface area contributed by atoms with Crippen molar-refractivity contribution in [2.45, 2.75) is 65.0 Å². The van der Waals surface area contributed by atoms with Gasteiger partial charge in [0.2, 0.25) is 5.91 Å². The summed E-state index contributed by atoms with van der Waals surface area (Å²) in [7, 11) is 0. The summed E-state index contributed by atoms with van der Waals surface area (Å²) in [5.41, 5.74) is 2.78. The molecule has 4 rings (SSSR count). The summed E-state index contributed by atoms with van der Waals surface area (Å²) in [5.74, 6) is 1.07. The van der Waals surface area contributed by atoms with E-state index in [-0.39, 0.29) is 23.5 Å². The number of nitrogens with zero attached hydrogens (tertiary/aromatic N) is 1. The van der Waals surface area contributed by atoms with Crippen molar-refractivity contribution in [2.75, 3.05) is 13.1 Å². The van der Waals surface area contributed by atoms with Gasteiger partial charge in [-0.1, -0.05) is 39.0 Å². The van der Waals surface area contributed by atoms with Crippen molar-refractivity contribution >= 4 is 11.8 Å². The van der Waals surface area contributed by atoms with E-state index in [1.165, 1.54) is 25.0 Å². The number of amides is 2. The van der Waals surface area contributed by atoms with Gasteiger partial charge in [0.15, 0.2) is 6.10 Å². The highest BCUT2D eigenvalue weighted by atomic mass is 19.1. The van der Waals surface area contributed by atoms with Gasteiger partial charge < -0.3 is 15.0 Å². The van der Waals surface area contributed by atoms with E-state index in [1.54, 1.807) is 6.07 Å². The Kier molecular flexibility index (Phi) is 7.54. The summed E-state index contributed by atoms with van der Waals surface area (Å²) in [6, 6.07) is 11.9. The first kappa shape index (κ1) is 24.2. The Morgan fingerprint density at radius 2 is 1.97 bits per heavy atom. The van der Waals surface area contributed by atoms with Crippen molar-refractivity contribution in [1.29, 1.82) is 0 Å². The van der Waals surface area contributed by atoms with Gasteiger partial charge in [-0.05, 0) is 78.5 Å². The number of carbonyl (C=O) groups excluding carboxylic acids is 2. The smallest absolute Gasteiger partial charge is 0.261 e. The highest BCUT2D eigenvalue weighted by molar-refractivity contribution is 5.81. The van der Waals surface area contributed by atoms with E-state index in [4.69, 9.17) is 4.74 Å². The molecule has 2 aliphatic rings. The number of halogens is 1. The van der Waals surface area contributed by atoms with Crippen LogP contribution in [0.25, 0.3) is 0 Å². The summed E-state index contributed by atoms with van der Waals surface area (Å²) in [5, 5.41) is 3.00. The molecule has 1 aliphatic heterocycles. The number of fused-ring (bicyclic) bond motifs is 1. The largest absolute Gasteiger partial charge is 0.481 e. The number of carbonyl (C=O) groups is 2. The van der Waals surface area contributed by atoms with Crippen molar-refractivity contribution in [3.8, 4) is 5.75 Å². The van der Waals surface area contributed by atoms with Crippen LogP contribution in [-0.4, -0.2) is 35.9 Å². The van der Waals surface area contributed by atoms with E-state index in [1.807, 2.05) is 49.9 Å². The average Bonchev–Trinajstić information content (AvgIpc) is 3.64. The summed E-state index contributed by atoms with van der Waals surface area (Å²) in [6.07, 6.45) is 3.50. The standard InChI is InChI=1S/C28H35FN2O3/c1-4-25(28(33)30-17-19-8-9-19)34-23-11-10-20-12-13-31(26(32)14-18(2)3)27(24(20)16-23)21-6-5-7-22(29)15-21/h5-7,10-11,15-16,18-19,25,27H,4,8-9,12-14,17H2,1-3H3,(H,30,33)/t25-,27-/m1/s1. The van der Waals surface area contributed by atoms with Crippen LogP contribution in [0.1, 0.15) is 69.2 Å². The van der Waals surface area contributed by atoms with Crippen molar-refractivity contribution in [3.05, 3.63) is 65.0 Å². The quantitative estimate of drug-likeness (QED) is 0.564. The fourth-order valence-corrected chi connectivity index (χ4v) is 4.61. The summed E-state index contributed by atoms with van der Waals surface area (Å²) in [6.45, 7) is 7.27. The zero-order valence-electron chi connectivity index (χ0n) is 20.4. The molecule has 0 bridgehead atoms. The zero-order chi connectivity index (χ0) is 24.2. The van der Waals surface area contributed by atoms with Crippen LogP contribution < -0.4 is 10.1 Å². The maximum atomic E-state index is 14.2. The molecule has 2 atom stereocenters. The molecular formula is C28H35FN2O3. The lowest BCUT2D eigenvalue weighted by molar-refractivity contribution is -0.134. The van der Waals surface area contributed by atoms with E-state index in [0.717, 1.165) is 23.1 Å². The van der Waals surface area contributed by atoms with Crippen molar-refractivity contribution in [2.24, 2.45) is 11.8 Å². The molecule has 2 amide bonds. The fourth-order valence-electron chi connectivity index (χ4n) is 4.61. The Balaban J connectivity index is 1.63. The molecule has 1 aliphatic carbocycles. The molecule has 0 aromatic heterocycles. The Hall–Kier alpha value is -2.89. The minimum absolute atomic E-state index is 0.0621. The maximum Gasteiger partial charge on any atom is 0.261 e. The molecule has 0 radical (unpaired) electrons. The van der Waals surface area contributed by atoms with Crippen LogP contribution in [0, 0.1) is 17.7 Å². The Labute approximate surface area is 201 Å². The van der Waals surface area contributed by atoms with Crippen LogP contribution in [0.2, 0.25) is 0 Å². The molecule has 0 spiro atoms. The number of ether oxygens (including phenoxy) is 1. The second-order valence-electron chi connectivity index (χ2n) is 9.96. The monoisotopic (exact) mass is 466 g/mol. The van der Waals surface area contributed by atoms with Crippen molar-refractivity contribution < 1.29 is 18.7 Å². The third-order valence-corrected chi connectivity index (χ3v) is 6.62. The molecule has 34 heavy (non-hydrogen) atoms. The Morgan fingerprint density at radius 1 is 1.18 bits per heavy atom. The van der Waals surface area contributed by atoms with Crippen LogP contribution in [0.15, 0.2) is 42.5 Å². The van der Waals surface area contributed by atoms with E-state index in [9.17, 15) is 14.0 Å². The average molecular weight is 467 g/mol. The van der Waals surface area contributed by atoms with Gasteiger partial charge >= 0.3 is 0 Å². The molecule has 0 saturated heterocycles. The van der Waals surface area contributed by atoms with Crippen LogP contribution in [0.3, 0.4) is 0 Å². The Morgan fingerprint density at radius 3 is 2.65 bits per heavy atom. The lowest BCUT2D eigenvalue weighted by Gasteiger charge is -2.38. The predicted molar refractivity (Wildman–Crippen MR) is 130 cm³/mol. The van der Waals surface area contributed by atoms with Crippen LogP contribution >= 0.6 is 0 Å². The number of nitrogens with one attached hydrogen (secondary N) is 1. The van der Waals surface area contributed by atoms with Crippen LogP contribution in [0.4, 0.5) is 4.39 Å². The van der Waals surface area contributed by atoms with E-state index in [2.05, 4.69) is 5.32 Å². The topological polar surface area (TPSA) is 58.6 Å². The van der Waals surface area contributed by atoms with Crippen LogP contribution in [-0.2, 0) is 16.0 Å². The van der Waals surface area contributed by atoms with Crippen molar-refractivity contribution in [3.63, 3.8) is 0 Å². The fraction of sp³-hybridized carbons (Fsp3) is 0.500. The minimum atomic E-state index is -0.577. The SMILES string of the molecule is CC[C@@H](Oc1ccc2c(c1)[C@@H](c1cccc(F)c1)N(C(=O)CC(C)C)CC2)C(=O)NCC1CC1. The molecule has 1 fully saturated rings. The van der Waals surface area contributed by atoms with Gasteiger partial charge in [-0.15, -0.1) is 0 Å². The number of hydrogen-bond acceptors (Lipinski definition) is 3. The number of benzene rings is 2. The molecule has 1 N–H and O–H groups in total. The second kappa shape index (κ2) is 10.6. The lowest BCUT2D eigenvalue weighted by atomic mass is 9.87. The highest BCUT2D eigenvalue weighted by Crippen LogP contribution is 2.38. The molecule has 1 saturated carbocycles. The third kappa shape index (κ3) is 5.78. The highest BCUT2D eigenvalue weighted by Gasteiger charge is 2.33. The van der Waals surface area contributed by atoms with Crippen molar-refractivity contribution in [1.82, 2.24) is 10.2 Å². The molecular weight excluding hydrogens is 431 g/mol. The lowest BCUT2D eigenvalue weighted by Crippen LogP contribution is -2.41. The summed E-state index contributed by atoms with van der Waals surface area (Å²) in [4.78, 5) is 27.7. The molecule has 182 valence electrons. The molecule has 2 aromatic carbocycles. The second-order valence-corrected chi connectivity index (χ2v) is 9.96.